The predicted octanol–water partition coefficient (Wildman–Crippen LogP) is 4.68. The molecule has 4 rings (SSSR count). The highest BCUT2D eigenvalue weighted by molar-refractivity contribution is 7.99. The van der Waals surface area contributed by atoms with Gasteiger partial charge in [-0.25, -0.2) is 0 Å². The van der Waals surface area contributed by atoms with Gasteiger partial charge in [0, 0.05) is 22.6 Å². The van der Waals surface area contributed by atoms with E-state index in [1.54, 1.807) is 18.2 Å². The van der Waals surface area contributed by atoms with Gasteiger partial charge in [-0.2, -0.15) is 4.98 Å². The van der Waals surface area contributed by atoms with E-state index in [2.05, 4.69) is 27.1 Å². The summed E-state index contributed by atoms with van der Waals surface area (Å²) in [5, 5.41) is 22.5. The highest BCUT2D eigenvalue weighted by Gasteiger charge is 2.27. The number of fused-ring (bicyclic) bond motifs is 3. The monoisotopic (exact) mass is 398 g/mol. The first-order valence-corrected chi connectivity index (χ1v) is 9.52. The van der Waals surface area contributed by atoms with Crippen LogP contribution in [-0.4, -0.2) is 26.0 Å². The van der Waals surface area contributed by atoms with Crippen LogP contribution in [0.4, 0.5) is 5.69 Å². The fourth-order valence-corrected chi connectivity index (χ4v) is 3.46. The maximum Gasteiger partial charge on any atom is 0.247 e. The number of halogens is 1. The first-order valence-electron chi connectivity index (χ1n) is 8.15. The van der Waals surface area contributed by atoms with Gasteiger partial charge in [-0.1, -0.05) is 59.8 Å². The summed E-state index contributed by atoms with van der Waals surface area (Å²) < 4.78 is 6.12. The summed E-state index contributed by atoms with van der Waals surface area (Å²) in [6.07, 6.45) is 1.12. The van der Waals surface area contributed by atoms with Crippen LogP contribution in [-0.2, 0) is 0 Å². The molecule has 8 heteroatoms. The molecular weight excluding hydrogens is 384 g/mol. The van der Waals surface area contributed by atoms with E-state index in [1.165, 1.54) is 17.8 Å². The number of nitrogens with one attached hydrogen (secondary N) is 1. The molecule has 6 nitrogen and oxygen atoms in total. The van der Waals surface area contributed by atoms with Gasteiger partial charge in [0.05, 0.1) is 5.02 Å². The van der Waals surface area contributed by atoms with Crippen molar-refractivity contribution < 1.29 is 9.84 Å². The standard InChI is InChI=1S/C19H15ClN4O2S/c1-2-10-27-19-22-18-16(23-24-19)11-6-3-4-8-13(11)21-17(26-18)12-7-5-9-14(25)15(12)20/h2-9,17,21,25H,1,10H2. The number of para-hydroxylation sites is 1. The van der Waals surface area contributed by atoms with E-state index in [9.17, 15) is 5.11 Å². The Labute approximate surface area is 165 Å². The average Bonchev–Trinajstić information content (AvgIpc) is 2.84. The van der Waals surface area contributed by atoms with Crippen molar-refractivity contribution in [1.82, 2.24) is 15.2 Å². The second kappa shape index (κ2) is 7.46. The van der Waals surface area contributed by atoms with Gasteiger partial charge in [0.2, 0.25) is 11.0 Å². The van der Waals surface area contributed by atoms with Crippen LogP contribution in [0.1, 0.15) is 11.8 Å². The van der Waals surface area contributed by atoms with E-state index < -0.39 is 6.23 Å². The molecule has 2 aromatic carbocycles. The van der Waals surface area contributed by atoms with Gasteiger partial charge in [0.25, 0.3) is 0 Å². The molecule has 0 bridgehead atoms. The van der Waals surface area contributed by atoms with Gasteiger partial charge in [-0.05, 0) is 12.1 Å². The number of hydrogen-bond donors (Lipinski definition) is 2. The fraction of sp³-hybridized carbons (Fsp3) is 0.105. The Bertz CT molecular complexity index is 1010. The number of nitrogens with zero attached hydrogens (tertiary/aromatic N) is 3. The molecule has 1 aliphatic rings. The van der Waals surface area contributed by atoms with Crippen molar-refractivity contribution >= 4 is 29.1 Å². The van der Waals surface area contributed by atoms with E-state index in [0.29, 0.717) is 28.0 Å². The zero-order valence-corrected chi connectivity index (χ0v) is 15.7. The Balaban J connectivity index is 1.83. The highest BCUT2D eigenvalue weighted by Crippen LogP contribution is 2.41. The molecule has 0 saturated carbocycles. The van der Waals surface area contributed by atoms with Crippen LogP contribution in [0, 0.1) is 0 Å². The lowest BCUT2D eigenvalue weighted by atomic mass is 10.1. The van der Waals surface area contributed by atoms with Crippen LogP contribution in [0.15, 0.2) is 60.3 Å². The fourth-order valence-electron chi connectivity index (χ4n) is 2.72. The first-order chi connectivity index (χ1) is 13.2. The van der Waals surface area contributed by atoms with Crippen molar-refractivity contribution in [2.75, 3.05) is 11.1 Å². The van der Waals surface area contributed by atoms with Gasteiger partial charge in [0.1, 0.15) is 5.75 Å². The minimum absolute atomic E-state index is 0.0136. The van der Waals surface area contributed by atoms with Crippen LogP contribution in [0.25, 0.3) is 11.3 Å². The summed E-state index contributed by atoms with van der Waals surface area (Å²) in [7, 11) is 0. The van der Waals surface area contributed by atoms with E-state index in [-0.39, 0.29) is 10.8 Å². The third-order valence-corrected chi connectivity index (χ3v) is 5.20. The van der Waals surface area contributed by atoms with Crippen molar-refractivity contribution in [1.29, 1.82) is 0 Å². The molecule has 1 atom stereocenters. The van der Waals surface area contributed by atoms with Crippen molar-refractivity contribution in [2.45, 2.75) is 11.4 Å². The summed E-state index contributed by atoms with van der Waals surface area (Å²) in [6.45, 7) is 3.70. The van der Waals surface area contributed by atoms with Crippen molar-refractivity contribution in [3.63, 3.8) is 0 Å². The van der Waals surface area contributed by atoms with E-state index in [0.717, 1.165) is 11.3 Å². The molecule has 0 saturated heterocycles. The predicted molar refractivity (Wildman–Crippen MR) is 106 cm³/mol. The molecule has 2 heterocycles. The number of phenols is 1. The van der Waals surface area contributed by atoms with Crippen LogP contribution < -0.4 is 10.1 Å². The molecule has 0 spiro atoms. The number of ether oxygens (including phenoxy) is 1. The number of phenolic OH excluding ortho intramolecular Hbond substituents is 1. The molecule has 0 amide bonds. The molecule has 3 aromatic rings. The average molecular weight is 399 g/mol. The number of thioether (sulfide) groups is 1. The quantitative estimate of drug-likeness (QED) is 0.487. The maximum atomic E-state index is 9.97. The lowest BCUT2D eigenvalue weighted by molar-refractivity contribution is 0.225. The van der Waals surface area contributed by atoms with Gasteiger partial charge in [-0.3, -0.25) is 0 Å². The van der Waals surface area contributed by atoms with Crippen LogP contribution in [0.2, 0.25) is 5.02 Å². The molecule has 1 unspecified atom stereocenters. The summed E-state index contributed by atoms with van der Waals surface area (Å²) in [4.78, 5) is 4.51. The molecular formula is C19H15ClN4O2S. The molecule has 136 valence electrons. The Kier molecular flexibility index (Phi) is 4.87. The third-order valence-electron chi connectivity index (χ3n) is 3.95. The third kappa shape index (κ3) is 3.43. The minimum atomic E-state index is -0.652. The summed E-state index contributed by atoms with van der Waals surface area (Å²) >= 11 is 7.71. The highest BCUT2D eigenvalue weighted by atomic mass is 35.5. The van der Waals surface area contributed by atoms with E-state index in [4.69, 9.17) is 16.3 Å². The molecule has 2 N–H and O–H groups in total. The van der Waals surface area contributed by atoms with Gasteiger partial charge in [-0.15, -0.1) is 16.8 Å². The molecule has 0 aliphatic carbocycles. The second-order valence-corrected chi connectivity index (χ2v) is 7.08. The summed E-state index contributed by atoms with van der Waals surface area (Å²) in [5.74, 6) is 0.996. The zero-order chi connectivity index (χ0) is 18.8. The van der Waals surface area contributed by atoms with Crippen molar-refractivity contribution in [3.05, 3.63) is 65.7 Å². The molecule has 0 fully saturated rings. The second-order valence-electron chi connectivity index (χ2n) is 5.72. The largest absolute Gasteiger partial charge is 0.506 e. The minimum Gasteiger partial charge on any atom is -0.506 e. The Morgan fingerprint density at radius 3 is 2.93 bits per heavy atom. The topological polar surface area (TPSA) is 80.2 Å². The zero-order valence-electron chi connectivity index (χ0n) is 14.1. The van der Waals surface area contributed by atoms with Crippen molar-refractivity contribution in [3.8, 4) is 22.9 Å². The summed E-state index contributed by atoms with van der Waals surface area (Å²) in [5.41, 5.74) is 2.77. The number of aromatic hydroxyl groups is 1. The van der Waals surface area contributed by atoms with E-state index in [1.807, 2.05) is 24.3 Å². The number of anilines is 1. The van der Waals surface area contributed by atoms with E-state index >= 15 is 0 Å². The summed E-state index contributed by atoms with van der Waals surface area (Å²) in [6, 6.07) is 12.7. The maximum absolute atomic E-state index is 9.97. The number of rotatable bonds is 4. The Hall–Kier alpha value is -2.77. The number of aromatic nitrogens is 3. The number of benzene rings is 2. The lowest BCUT2D eigenvalue weighted by Gasteiger charge is -2.20. The first kappa shape index (κ1) is 17.6. The molecule has 0 radical (unpaired) electrons. The molecule has 1 aliphatic heterocycles. The lowest BCUT2D eigenvalue weighted by Crippen LogP contribution is -2.17. The van der Waals surface area contributed by atoms with Crippen LogP contribution >= 0.6 is 23.4 Å². The normalized spacial score (nSPS) is 14.9. The Morgan fingerprint density at radius 1 is 1.22 bits per heavy atom. The SMILES string of the molecule is C=CCSc1nnc2c(n1)OC(c1cccc(O)c1Cl)Nc1ccccc1-2. The van der Waals surface area contributed by atoms with Gasteiger partial charge in [0.15, 0.2) is 11.9 Å². The number of hydrogen-bond acceptors (Lipinski definition) is 7. The Morgan fingerprint density at radius 2 is 2.07 bits per heavy atom. The molecule has 1 aromatic heterocycles. The van der Waals surface area contributed by atoms with Crippen molar-refractivity contribution in [2.24, 2.45) is 0 Å². The smallest absolute Gasteiger partial charge is 0.247 e. The van der Waals surface area contributed by atoms with Gasteiger partial charge < -0.3 is 15.2 Å². The van der Waals surface area contributed by atoms with Gasteiger partial charge >= 0.3 is 0 Å². The van der Waals surface area contributed by atoms with Crippen LogP contribution in [0.5, 0.6) is 11.6 Å². The molecule has 27 heavy (non-hydrogen) atoms. The van der Waals surface area contributed by atoms with Crippen LogP contribution in [0.3, 0.4) is 0 Å².